The maximum absolute atomic E-state index is 13.5. The molecule has 36 heavy (non-hydrogen) atoms. The fourth-order valence-electron chi connectivity index (χ4n) is 5.11. The quantitative estimate of drug-likeness (QED) is 0.489. The first-order chi connectivity index (χ1) is 17.4. The largest absolute Gasteiger partial charge is 0.487 e. The average molecular weight is 496 g/mol. The van der Waals surface area contributed by atoms with Crippen molar-refractivity contribution >= 4 is 0 Å². The number of halogens is 2. The van der Waals surface area contributed by atoms with Gasteiger partial charge in [-0.2, -0.15) is 0 Å². The summed E-state index contributed by atoms with van der Waals surface area (Å²) in [6.45, 7) is 1.13. The number of aliphatic hydroxyl groups excluding tert-OH is 2. The Morgan fingerprint density at radius 1 is 0.750 bits per heavy atom. The van der Waals surface area contributed by atoms with Gasteiger partial charge in [-0.05, 0) is 78.8 Å². The lowest BCUT2D eigenvalue weighted by molar-refractivity contribution is -0.0295. The van der Waals surface area contributed by atoms with Gasteiger partial charge in [-0.1, -0.05) is 30.3 Å². The number of fused-ring (bicyclic) bond motifs is 2. The summed E-state index contributed by atoms with van der Waals surface area (Å²) >= 11 is 0. The Bertz CT molecular complexity index is 1100. The zero-order valence-electron chi connectivity index (χ0n) is 20.0. The second kappa shape index (κ2) is 10.9. The van der Waals surface area contributed by atoms with E-state index in [9.17, 15) is 19.0 Å². The molecular formula is C29H31F2NO4. The minimum atomic E-state index is -0.796. The first kappa shape index (κ1) is 24.7. The molecule has 3 aromatic carbocycles. The molecule has 0 fully saturated rings. The third-order valence-corrected chi connectivity index (χ3v) is 7.00. The van der Waals surface area contributed by atoms with Crippen molar-refractivity contribution in [1.82, 2.24) is 4.90 Å². The van der Waals surface area contributed by atoms with Crippen LogP contribution in [0.5, 0.6) is 11.5 Å². The molecule has 4 atom stereocenters. The zero-order chi connectivity index (χ0) is 25.1. The molecule has 2 N–H and O–H groups in total. The van der Waals surface area contributed by atoms with Crippen molar-refractivity contribution in [3.8, 4) is 11.5 Å². The predicted octanol–water partition coefficient (Wildman–Crippen LogP) is 4.28. The Morgan fingerprint density at radius 3 is 1.75 bits per heavy atom. The third kappa shape index (κ3) is 5.86. The number of hydrogen-bond acceptors (Lipinski definition) is 5. The fraction of sp³-hybridized carbons (Fsp3) is 0.379. The second-order valence-corrected chi connectivity index (χ2v) is 9.71. The van der Waals surface area contributed by atoms with Crippen LogP contribution < -0.4 is 9.47 Å². The first-order valence-electron chi connectivity index (χ1n) is 12.5. The molecule has 0 spiro atoms. The predicted molar refractivity (Wildman–Crippen MR) is 132 cm³/mol. The summed E-state index contributed by atoms with van der Waals surface area (Å²) in [6.07, 6.45) is -0.0167. The number of benzene rings is 3. The lowest BCUT2D eigenvalue weighted by Crippen LogP contribution is -2.48. The molecular weight excluding hydrogens is 464 g/mol. The SMILES string of the molecule is O[C@H](CN(Cc1ccccc1)C[C@@H](O)[C@@H]1CCc2cc(F)ccc2O1)[C@@H]1CCc2cc(F)ccc2O1. The van der Waals surface area contributed by atoms with Crippen molar-refractivity contribution in [2.24, 2.45) is 0 Å². The molecule has 0 unspecified atom stereocenters. The fourth-order valence-corrected chi connectivity index (χ4v) is 5.11. The molecule has 7 heteroatoms. The molecule has 190 valence electrons. The van der Waals surface area contributed by atoms with Crippen LogP contribution in [-0.4, -0.2) is 52.6 Å². The van der Waals surface area contributed by atoms with Gasteiger partial charge in [0, 0.05) is 19.6 Å². The molecule has 0 saturated heterocycles. The number of ether oxygens (including phenoxy) is 2. The van der Waals surface area contributed by atoms with Gasteiger partial charge in [-0.15, -0.1) is 0 Å². The summed E-state index contributed by atoms with van der Waals surface area (Å²) in [6, 6.07) is 18.8. The Balaban J connectivity index is 1.26. The summed E-state index contributed by atoms with van der Waals surface area (Å²) in [7, 11) is 0. The monoisotopic (exact) mass is 495 g/mol. The van der Waals surface area contributed by atoms with E-state index < -0.39 is 24.4 Å². The summed E-state index contributed by atoms with van der Waals surface area (Å²) < 4.78 is 39.1. The van der Waals surface area contributed by atoms with E-state index in [1.165, 1.54) is 24.3 Å². The van der Waals surface area contributed by atoms with Gasteiger partial charge in [0.2, 0.25) is 0 Å². The summed E-state index contributed by atoms with van der Waals surface area (Å²) in [5, 5.41) is 22.2. The van der Waals surface area contributed by atoms with Gasteiger partial charge >= 0.3 is 0 Å². The molecule has 0 saturated carbocycles. The van der Waals surface area contributed by atoms with Crippen LogP contribution in [0.15, 0.2) is 66.7 Å². The van der Waals surface area contributed by atoms with Crippen LogP contribution in [0.1, 0.15) is 29.5 Å². The normalized spacial score (nSPS) is 20.6. The van der Waals surface area contributed by atoms with Crippen LogP contribution >= 0.6 is 0 Å². The van der Waals surface area contributed by atoms with Crippen LogP contribution in [0.4, 0.5) is 8.78 Å². The van der Waals surface area contributed by atoms with E-state index in [-0.39, 0.29) is 11.6 Å². The standard InChI is InChI=1S/C29H31F2NO4/c30-22-8-12-26-20(14-22)6-10-28(35-26)24(33)17-32(16-19-4-2-1-3-5-19)18-25(34)29-11-7-21-15-23(31)9-13-27(21)36-29/h1-5,8-9,12-15,24-25,28-29,33-34H,6-7,10-11,16-18H2/t24-,25-,28+,29+/m1/s1. The lowest BCUT2D eigenvalue weighted by Gasteiger charge is -2.35. The van der Waals surface area contributed by atoms with Crippen molar-refractivity contribution in [2.45, 2.75) is 56.6 Å². The van der Waals surface area contributed by atoms with Gasteiger partial charge in [-0.25, -0.2) is 8.78 Å². The molecule has 2 heterocycles. The molecule has 3 aromatic rings. The van der Waals surface area contributed by atoms with E-state index in [0.29, 0.717) is 56.8 Å². The molecule has 0 aliphatic carbocycles. The average Bonchev–Trinajstić information content (AvgIpc) is 2.88. The maximum atomic E-state index is 13.5. The van der Waals surface area contributed by atoms with E-state index in [1.54, 1.807) is 12.1 Å². The van der Waals surface area contributed by atoms with Gasteiger partial charge in [-0.3, -0.25) is 4.90 Å². The highest BCUT2D eigenvalue weighted by atomic mass is 19.1. The maximum Gasteiger partial charge on any atom is 0.126 e. The van der Waals surface area contributed by atoms with E-state index >= 15 is 0 Å². The Kier molecular flexibility index (Phi) is 7.51. The van der Waals surface area contributed by atoms with Crippen LogP contribution in [0.25, 0.3) is 0 Å². The second-order valence-electron chi connectivity index (χ2n) is 9.71. The zero-order valence-corrected chi connectivity index (χ0v) is 20.0. The lowest BCUT2D eigenvalue weighted by atomic mass is 9.97. The summed E-state index contributed by atoms with van der Waals surface area (Å²) in [5.41, 5.74) is 2.68. The van der Waals surface area contributed by atoms with Crippen molar-refractivity contribution in [2.75, 3.05) is 13.1 Å². The highest BCUT2D eigenvalue weighted by Gasteiger charge is 2.32. The Morgan fingerprint density at radius 2 is 1.25 bits per heavy atom. The van der Waals surface area contributed by atoms with Gasteiger partial charge < -0.3 is 19.7 Å². The van der Waals surface area contributed by atoms with E-state index in [1.807, 2.05) is 35.2 Å². The Hall–Kier alpha value is -3.00. The number of aliphatic hydroxyl groups is 2. The minimum absolute atomic E-state index is 0.293. The molecule has 0 bridgehead atoms. The van der Waals surface area contributed by atoms with Gasteiger partial charge in [0.05, 0.1) is 0 Å². The van der Waals surface area contributed by atoms with Crippen molar-refractivity contribution in [3.63, 3.8) is 0 Å². The first-order valence-corrected chi connectivity index (χ1v) is 12.5. The molecule has 0 aromatic heterocycles. The molecule has 2 aliphatic rings. The highest BCUT2D eigenvalue weighted by Crippen LogP contribution is 2.31. The number of nitrogens with zero attached hydrogens (tertiary/aromatic N) is 1. The third-order valence-electron chi connectivity index (χ3n) is 7.00. The van der Waals surface area contributed by atoms with Gasteiger partial charge in [0.15, 0.2) is 0 Å². The topological polar surface area (TPSA) is 62.2 Å². The van der Waals surface area contributed by atoms with Crippen LogP contribution in [0.3, 0.4) is 0 Å². The van der Waals surface area contributed by atoms with Gasteiger partial charge in [0.25, 0.3) is 0 Å². The Labute approximate surface area is 209 Å². The van der Waals surface area contributed by atoms with E-state index in [0.717, 1.165) is 16.7 Å². The molecule has 0 radical (unpaired) electrons. The highest BCUT2D eigenvalue weighted by molar-refractivity contribution is 5.37. The molecule has 0 amide bonds. The molecule has 5 nitrogen and oxygen atoms in total. The van der Waals surface area contributed by atoms with Gasteiger partial charge in [0.1, 0.15) is 47.5 Å². The minimum Gasteiger partial charge on any atom is -0.487 e. The summed E-state index contributed by atoms with van der Waals surface area (Å²) in [5.74, 6) is 0.619. The molecule has 5 rings (SSSR count). The molecule has 2 aliphatic heterocycles. The van der Waals surface area contributed by atoms with Crippen LogP contribution in [0, 0.1) is 11.6 Å². The van der Waals surface area contributed by atoms with Crippen LogP contribution in [-0.2, 0) is 19.4 Å². The number of hydrogen-bond donors (Lipinski definition) is 2. The number of aryl methyl sites for hydroxylation is 2. The van der Waals surface area contributed by atoms with Crippen molar-refractivity contribution in [3.05, 3.63) is 95.1 Å². The smallest absolute Gasteiger partial charge is 0.126 e. The van der Waals surface area contributed by atoms with E-state index in [2.05, 4.69) is 0 Å². The van der Waals surface area contributed by atoms with E-state index in [4.69, 9.17) is 9.47 Å². The number of rotatable bonds is 8. The van der Waals surface area contributed by atoms with Crippen molar-refractivity contribution in [1.29, 1.82) is 0 Å². The van der Waals surface area contributed by atoms with Crippen LogP contribution in [0.2, 0.25) is 0 Å². The summed E-state index contributed by atoms with van der Waals surface area (Å²) in [4.78, 5) is 2.01. The van der Waals surface area contributed by atoms with Crippen molar-refractivity contribution < 1.29 is 28.5 Å².